The lowest BCUT2D eigenvalue weighted by Gasteiger charge is -2.25. The number of amides is 1. The van der Waals surface area contributed by atoms with Gasteiger partial charge in [0.2, 0.25) is 5.95 Å². The number of aromatic nitrogens is 2. The van der Waals surface area contributed by atoms with E-state index in [0.29, 0.717) is 17.3 Å². The second-order valence-corrected chi connectivity index (χ2v) is 4.94. The van der Waals surface area contributed by atoms with Crippen molar-refractivity contribution in [1.29, 1.82) is 0 Å². The Hall–Kier alpha value is -1.69. The molecule has 0 bridgehead atoms. The average molecular weight is 252 g/mol. The minimum Gasteiger partial charge on any atom is -0.389 e. The number of hydrogen-bond donors (Lipinski definition) is 2. The lowest BCUT2D eigenvalue weighted by Crippen LogP contribution is -2.40. The molecule has 0 unspecified atom stereocenters. The van der Waals surface area contributed by atoms with Crippen LogP contribution in [-0.2, 0) is 0 Å². The molecule has 1 amide bonds. The lowest BCUT2D eigenvalue weighted by molar-refractivity contribution is 0.0365. The molecule has 1 aromatic heterocycles. The van der Waals surface area contributed by atoms with Crippen LogP contribution >= 0.6 is 0 Å². The van der Waals surface area contributed by atoms with Gasteiger partial charge in [-0.25, -0.2) is 9.97 Å². The fourth-order valence-electron chi connectivity index (χ4n) is 1.64. The quantitative estimate of drug-likeness (QED) is 0.823. The van der Waals surface area contributed by atoms with Gasteiger partial charge in [-0.15, -0.1) is 0 Å². The smallest absolute Gasteiger partial charge is 0.272 e. The predicted octanol–water partition coefficient (Wildman–Crippen LogP) is 0.670. The molecule has 6 nitrogen and oxygen atoms in total. The number of anilines is 1. The second-order valence-electron chi connectivity index (χ2n) is 4.94. The van der Waals surface area contributed by atoms with Crippen molar-refractivity contribution in [2.24, 2.45) is 0 Å². The Labute approximate surface area is 107 Å². The minimum atomic E-state index is -0.932. The predicted molar refractivity (Wildman–Crippen MR) is 69.6 cm³/mol. The van der Waals surface area contributed by atoms with Crippen LogP contribution in [0.15, 0.2) is 6.07 Å². The second kappa shape index (κ2) is 5.30. The molecule has 6 heteroatoms. The summed E-state index contributed by atoms with van der Waals surface area (Å²) in [6, 6.07) is 1.63. The summed E-state index contributed by atoms with van der Waals surface area (Å²) in [6.07, 6.45) is 0. The van der Waals surface area contributed by atoms with Crippen LogP contribution in [0.2, 0.25) is 0 Å². The Balaban J connectivity index is 2.93. The molecular formula is C12H20N4O2. The van der Waals surface area contributed by atoms with Gasteiger partial charge in [-0.1, -0.05) is 0 Å². The van der Waals surface area contributed by atoms with Crippen LogP contribution in [0.3, 0.4) is 0 Å². The van der Waals surface area contributed by atoms with Crippen LogP contribution < -0.4 is 5.32 Å². The lowest BCUT2D eigenvalue weighted by atomic mass is 10.1. The molecule has 1 aromatic rings. The van der Waals surface area contributed by atoms with Gasteiger partial charge >= 0.3 is 0 Å². The first-order valence-corrected chi connectivity index (χ1v) is 5.74. The van der Waals surface area contributed by atoms with Crippen LogP contribution in [0, 0.1) is 6.92 Å². The van der Waals surface area contributed by atoms with Crippen LogP contribution in [0.5, 0.6) is 0 Å². The maximum atomic E-state index is 12.1. The molecule has 0 saturated heterocycles. The highest BCUT2D eigenvalue weighted by Gasteiger charge is 2.21. The highest BCUT2D eigenvalue weighted by atomic mass is 16.3. The van der Waals surface area contributed by atoms with E-state index in [9.17, 15) is 9.90 Å². The van der Waals surface area contributed by atoms with E-state index < -0.39 is 5.60 Å². The van der Waals surface area contributed by atoms with Gasteiger partial charge in [0, 0.05) is 26.3 Å². The van der Waals surface area contributed by atoms with Crippen molar-refractivity contribution in [3.63, 3.8) is 0 Å². The third kappa shape index (κ3) is 3.96. The van der Waals surface area contributed by atoms with Gasteiger partial charge < -0.3 is 15.3 Å². The zero-order chi connectivity index (χ0) is 13.9. The number of likely N-dealkylation sites (N-methyl/N-ethyl adjacent to an activating group) is 1. The van der Waals surface area contributed by atoms with Gasteiger partial charge in [0.1, 0.15) is 5.69 Å². The first kappa shape index (κ1) is 14.4. The van der Waals surface area contributed by atoms with Gasteiger partial charge in [0.25, 0.3) is 5.91 Å². The number of nitrogens with one attached hydrogen (secondary N) is 1. The summed E-state index contributed by atoms with van der Waals surface area (Å²) in [6.45, 7) is 5.35. The Morgan fingerprint density at radius 2 is 2.11 bits per heavy atom. The summed E-state index contributed by atoms with van der Waals surface area (Å²) in [5.74, 6) is 0.175. The van der Waals surface area contributed by atoms with Gasteiger partial charge in [0.05, 0.1) is 5.60 Å². The first-order chi connectivity index (χ1) is 8.23. The Bertz CT molecular complexity index is 440. The standard InChI is InChI=1S/C12H20N4O2/c1-8-6-9(15-11(13-4)14-8)10(17)16(5)7-12(2,3)18/h6,18H,7H2,1-5H3,(H,13,14,15). The molecule has 0 radical (unpaired) electrons. The Morgan fingerprint density at radius 3 is 2.61 bits per heavy atom. The molecule has 0 spiro atoms. The van der Waals surface area contributed by atoms with Crippen molar-refractivity contribution in [2.45, 2.75) is 26.4 Å². The van der Waals surface area contributed by atoms with Crippen molar-refractivity contribution < 1.29 is 9.90 Å². The maximum absolute atomic E-state index is 12.1. The van der Waals surface area contributed by atoms with Crippen LogP contribution in [0.4, 0.5) is 5.95 Å². The number of carbonyl (C=O) groups excluding carboxylic acids is 1. The third-order valence-electron chi connectivity index (χ3n) is 2.27. The number of aliphatic hydroxyl groups is 1. The first-order valence-electron chi connectivity index (χ1n) is 5.74. The normalized spacial score (nSPS) is 11.2. The van der Waals surface area contributed by atoms with E-state index in [2.05, 4.69) is 15.3 Å². The molecule has 0 atom stereocenters. The summed E-state index contributed by atoms with van der Waals surface area (Å²) in [5, 5.41) is 12.5. The maximum Gasteiger partial charge on any atom is 0.272 e. The number of nitrogens with zero attached hydrogens (tertiary/aromatic N) is 3. The van der Waals surface area contributed by atoms with E-state index in [4.69, 9.17) is 0 Å². The van der Waals surface area contributed by atoms with E-state index in [1.54, 1.807) is 40.9 Å². The van der Waals surface area contributed by atoms with E-state index in [1.807, 2.05) is 0 Å². The van der Waals surface area contributed by atoms with Crippen LogP contribution in [-0.4, -0.2) is 52.1 Å². The van der Waals surface area contributed by atoms with E-state index in [-0.39, 0.29) is 12.5 Å². The monoisotopic (exact) mass is 252 g/mol. The highest BCUT2D eigenvalue weighted by Crippen LogP contribution is 2.09. The number of carbonyl (C=O) groups is 1. The van der Waals surface area contributed by atoms with E-state index in [1.165, 1.54) is 4.90 Å². The summed E-state index contributed by atoms with van der Waals surface area (Å²) in [4.78, 5) is 21.8. The Morgan fingerprint density at radius 1 is 1.50 bits per heavy atom. The summed E-state index contributed by atoms with van der Waals surface area (Å²) in [5.41, 5.74) is 0.103. The summed E-state index contributed by atoms with van der Waals surface area (Å²) < 4.78 is 0. The van der Waals surface area contributed by atoms with E-state index in [0.717, 1.165) is 0 Å². The van der Waals surface area contributed by atoms with Crippen molar-refractivity contribution in [2.75, 3.05) is 26.0 Å². The van der Waals surface area contributed by atoms with Crippen molar-refractivity contribution in [1.82, 2.24) is 14.9 Å². The van der Waals surface area contributed by atoms with Gasteiger partial charge in [0.15, 0.2) is 0 Å². The average Bonchev–Trinajstić information content (AvgIpc) is 2.24. The van der Waals surface area contributed by atoms with Crippen molar-refractivity contribution in [3.8, 4) is 0 Å². The SMILES string of the molecule is CNc1nc(C)cc(C(=O)N(C)CC(C)(C)O)n1. The highest BCUT2D eigenvalue weighted by molar-refractivity contribution is 5.92. The largest absolute Gasteiger partial charge is 0.389 e. The molecule has 0 aliphatic heterocycles. The topological polar surface area (TPSA) is 78.4 Å². The molecule has 2 N–H and O–H groups in total. The molecule has 1 rings (SSSR count). The molecule has 0 saturated carbocycles. The third-order valence-corrected chi connectivity index (χ3v) is 2.27. The molecule has 0 aliphatic rings. The molecule has 100 valence electrons. The molecule has 1 heterocycles. The minimum absolute atomic E-state index is 0.237. The zero-order valence-electron chi connectivity index (χ0n) is 11.5. The molecule has 0 aliphatic carbocycles. The van der Waals surface area contributed by atoms with Gasteiger partial charge in [-0.05, 0) is 26.8 Å². The van der Waals surface area contributed by atoms with Crippen LogP contribution in [0.1, 0.15) is 30.0 Å². The zero-order valence-corrected chi connectivity index (χ0v) is 11.5. The number of hydrogen-bond acceptors (Lipinski definition) is 5. The van der Waals surface area contributed by atoms with Gasteiger partial charge in [-0.3, -0.25) is 4.79 Å². The number of aryl methyl sites for hydroxylation is 1. The molecule has 0 aromatic carbocycles. The molecule has 18 heavy (non-hydrogen) atoms. The van der Waals surface area contributed by atoms with Crippen molar-refractivity contribution >= 4 is 11.9 Å². The Kier molecular flexibility index (Phi) is 4.24. The number of rotatable bonds is 4. The fourth-order valence-corrected chi connectivity index (χ4v) is 1.64. The summed E-state index contributed by atoms with van der Waals surface area (Å²) >= 11 is 0. The molecular weight excluding hydrogens is 232 g/mol. The molecule has 0 fully saturated rings. The van der Waals surface area contributed by atoms with Gasteiger partial charge in [-0.2, -0.15) is 0 Å². The van der Waals surface area contributed by atoms with E-state index >= 15 is 0 Å². The van der Waals surface area contributed by atoms with Crippen LogP contribution in [0.25, 0.3) is 0 Å². The fraction of sp³-hybridized carbons (Fsp3) is 0.583. The summed E-state index contributed by atoms with van der Waals surface area (Å²) in [7, 11) is 3.33. The van der Waals surface area contributed by atoms with Crippen molar-refractivity contribution in [3.05, 3.63) is 17.5 Å².